The number of aliphatic carboxylic acids is 1. The van der Waals surface area contributed by atoms with Crippen LogP contribution < -0.4 is 15.3 Å². The number of amides is 1. The molecule has 0 radical (unpaired) electrons. The number of aromatic nitrogens is 1. The van der Waals surface area contributed by atoms with E-state index in [4.69, 9.17) is 4.74 Å². The topological polar surface area (TPSA) is 104 Å². The second kappa shape index (κ2) is 8.39. The predicted molar refractivity (Wildman–Crippen MR) is 92.6 cm³/mol. The SMILES string of the molecule is COc1ccc(/C(C)=N\NC(=O)Cc2nc(C)cs2)cc1CC(=O)[O-]. The summed E-state index contributed by atoms with van der Waals surface area (Å²) in [6.07, 6.45) is -0.103. The molecule has 0 unspecified atom stereocenters. The number of ether oxygens (including phenoxy) is 1. The van der Waals surface area contributed by atoms with Crippen LogP contribution in [0, 0.1) is 6.92 Å². The molecule has 0 bridgehead atoms. The average Bonchev–Trinajstić information content (AvgIpc) is 2.96. The van der Waals surface area contributed by atoms with Gasteiger partial charge in [0, 0.05) is 29.0 Å². The number of nitrogens with one attached hydrogen (secondary N) is 1. The van der Waals surface area contributed by atoms with Crippen molar-refractivity contribution < 1.29 is 19.4 Å². The first kappa shape index (κ1) is 18.6. The Labute approximate surface area is 149 Å². The van der Waals surface area contributed by atoms with Crippen LogP contribution in [0.5, 0.6) is 5.75 Å². The summed E-state index contributed by atoms with van der Waals surface area (Å²) in [7, 11) is 1.47. The zero-order valence-corrected chi connectivity index (χ0v) is 15.0. The second-order valence-electron chi connectivity index (χ2n) is 5.37. The molecule has 1 heterocycles. The van der Waals surface area contributed by atoms with E-state index in [0.717, 1.165) is 10.7 Å². The number of aryl methyl sites for hydroxylation is 1. The van der Waals surface area contributed by atoms with Gasteiger partial charge in [0.1, 0.15) is 10.8 Å². The third kappa shape index (κ3) is 5.39. The minimum absolute atomic E-state index is 0.161. The molecule has 132 valence electrons. The molecule has 1 aromatic carbocycles. The van der Waals surface area contributed by atoms with E-state index in [-0.39, 0.29) is 18.7 Å². The highest BCUT2D eigenvalue weighted by Crippen LogP contribution is 2.20. The molecular weight excluding hydrogens is 342 g/mol. The third-order valence-corrected chi connectivity index (χ3v) is 4.33. The Hall–Kier alpha value is -2.74. The van der Waals surface area contributed by atoms with Crippen LogP contribution in [0.2, 0.25) is 0 Å². The third-order valence-electron chi connectivity index (χ3n) is 3.36. The highest BCUT2D eigenvalue weighted by atomic mass is 32.1. The molecule has 1 aromatic heterocycles. The van der Waals surface area contributed by atoms with Gasteiger partial charge >= 0.3 is 0 Å². The van der Waals surface area contributed by atoms with E-state index in [0.29, 0.717) is 22.6 Å². The maximum Gasteiger partial charge on any atom is 0.246 e. The number of carboxylic acids is 1. The van der Waals surface area contributed by atoms with Gasteiger partial charge in [0.25, 0.3) is 0 Å². The Kier molecular flexibility index (Phi) is 6.24. The van der Waals surface area contributed by atoms with Gasteiger partial charge in [-0.2, -0.15) is 5.10 Å². The minimum Gasteiger partial charge on any atom is -0.550 e. The number of hydrogen-bond donors (Lipinski definition) is 1. The number of hydrogen-bond acceptors (Lipinski definition) is 7. The summed E-state index contributed by atoms with van der Waals surface area (Å²) in [6.45, 7) is 3.59. The van der Waals surface area contributed by atoms with Crippen LogP contribution in [0.25, 0.3) is 0 Å². The van der Waals surface area contributed by atoms with Gasteiger partial charge in [-0.3, -0.25) is 4.79 Å². The standard InChI is InChI=1S/C17H19N3O4S/c1-10-9-25-16(18-10)8-15(21)20-19-11(2)12-4-5-14(24-3)13(6-12)7-17(22)23/h4-6,9H,7-8H2,1-3H3,(H,20,21)(H,22,23)/p-1/b19-11-. The van der Waals surface area contributed by atoms with Gasteiger partial charge in [0.15, 0.2) is 0 Å². The Morgan fingerprint density at radius 2 is 2.12 bits per heavy atom. The zero-order valence-electron chi connectivity index (χ0n) is 14.2. The molecule has 2 aromatic rings. The average molecular weight is 360 g/mol. The number of nitrogens with zero attached hydrogens (tertiary/aromatic N) is 2. The van der Waals surface area contributed by atoms with E-state index < -0.39 is 5.97 Å². The number of hydrazone groups is 1. The fourth-order valence-electron chi connectivity index (χ4n) is 2.17. The lowest BCUT2D eigenvalue weighted by molar-refractivity contribution is -0.304. The van der Waals surface area contributed by atoms with Crippen LogP contribution in [0.4, 0.5) is 0 Å². The van der Waals surface area contributed by atoms with Crippen LogP contribution in [0.15, 0.2) is 28.7 Å². The summed E-state index contributed by atoms with van der Waals surface area (Å²) in [5, 5.41) is 17.5. The van der Waals surface area contributed by atoms with Gasteiger partial charge in [0.2, 0.25) is 5.91 Å². The molecule has 0 atom stereocenters. The van der Waals surface area contributed by atoms with Crippen LogP contribution in [0.3, 0.4) is 0 Å². The van der Waals surface area contributed by atoms with Crippen molar-refractivity contribution in [1.29, 1.82) is 0 Å². The zero-order chi connectivity index (χ0) is 18.4. The lowest BCUT2D eigenvalue weighted by Crippen LogP contribution is -2.24. The Balaban J connectivity index is 2.07. The van der Waals surface area contributed by atoms with Crippen molar-refractivity contribution in [1.82, 2.24) is 10.4 Å². The quantitative estimate of drug-likeness (QED) is 0.582. The number of benzene rings is 1. The monoisotopic (exact) mass is 360 g/mol. The summed E-state index contributed by atoms with van der Waals surface area (Å²) >= 11 is 1.42. The van der Waals surface area contributed by atoms with Crippen molar-refractivity contribution in [2.45, 2.75) is 26.7 Å². The summed E-state index contributed by atoms with van der Waals surface area (Å²) in [4.78, 5) is 27.0. The minimum atomic E-state index is -1.20. The van der Waals surface area contributed by atoms with Crippen LogP contribution in [-0.2, 0) is 22.4 Å². The maximum absolute atomic E-state index is 11.9. The van der Waals surface area contributed by atoms with Crippen molar-refractivity contribution >= 4 is 28.9 Å². The van der Waals surface area contributed by atoms with E-state index in [1.54, 1.807) is 25.1 Å². The number of thiazole rings is 1. The summed E-state index contributed by atoms with van der Waals surface area (Å²) in [5.74, 6) is -1.00. The van der Waals surface area contributed by atoms with Gasteiger partial charge in [-0.1, -0.05) is 0 Å². The van der Waals surface area contributed by atoms with Gasteiger partial charge in [-0.25, -0.2) is 10.4 Å². The molecule has 1 amide bonds. The summed E-state index contributed by atoms with van der Waals surface area (Å²) < 4.78 is 5.14. The molecule has 2 rings (SSSR count). The maximum atomic E-state index is 11.9. The fraction of sp³-hybridized carbons (Fsp3) is 0.294. The number of rotatable bonds is 7. The number of methoxy groups -OCH3 is 1. The van der Waals surface area contributed by atoms with Crippen LogP contribution in [0.1, 0.15) is 28.8 Å². The molecule has 0 aliphatic heterocycles. The summed E-state index contributed by atoms with van der Waals surface area (Å²) in [6, 6.07) is 5.06. The molecule has 1 N–H and O–H groups in total. The largest absolute Gasteiger partial charge is 0.550 e. The lowest BCUT2D eigenvalue weighted by Gasteiger charge is -2.11. The smallest absolute Gasteiger partial charge is 0.246 e. The van der Waals surface area contributed by atoms with E-state index >= 15 is 0 Å². The van der Waals surface area contributed by atoms with E-state index in [1.807, 2.05) is 12.3 Å². The molecule has 0 aliphatic rings. The normalized spacial score (nSPS) is 11.2. The Morgan fingerprint density at radius 3 is 2.72 bits per heavy atom. The first-order valence-electron chi connectivity index (χ1n) is 7.50. The molecule has 0 saturated heterocycles. The molecule has 0 saturated carbocycles. The summed E-state index contributed by atoms with van der Waals surface area (Å²) in [5.41, 5.74) is 5.08. The molecule has 0 spiro atoms. The first-order valence-corrected chi connectivity index (χ1v) is 8.38. The van der Waals surface area contributed by atoms with Gasteiger partial charge in [-0.05, 0) is 37.6 Å². The van der Waals surface area contributed by atoms with Crippen LogP contribution in [-0.4, -0.2) is 29.7 Å². The molecule has 7 nitrogen and oxygen atoms in total. The highest BCUT2D eigenvalue weighted by molar-refractivity contribution is 7.09. The number of carbonyl (C=O) groups is 2. The van der Waals surface area contributed by atoms with E-state index in [1.165, 1.54) is 18.4 Å². The van der Waals surface area contributed by atoms with Crippen molar-refractivity contribution in [2.75, 3.05) is 7.11 Å². The number of carboxylic acid groups (broad SMARTS) is 1. The Morgan fingerprint density at radius 1 is 1.36 bits per heavy atom. The molecule has 0 fully saturated rings. The first-order chi connectivity index (χ1) is 11.9. The van der Waals surface area contributed by atoms with Crippen molar-refractivity contribution in [3.8, 4) is 5.75 Å². The molecule has 8 heteroatoms. The van der Waals surface area contributed by atoms with Crippen molar-refractivity contribution in [3.63, 3.8) is 0 Å². The molecule has 25 heavy (non-hydrogen) atoms. The second-order valence-corrected chi connectivity index (χ2v) is 6.31. The van der Waals surface area contributed by atoms with Crippen molar-refractivity contribution in [3.05, 3.63) is 45.4 Å². The van der Waals surface area contributed by atoms with Crippen LogP contribution >= 0.6 is 11.3 Å². The highest BCUT2D eigenvalue weighted by Gasteiger charge is 2.09. The molecular formula is C17H18N3O4S-. The van der Waals surface area contributed by atoms with Gasteiger partial charge in [0.05, 0.1) is 19.2 Å². The lowest BCUT2D eigenvalue weighted by atomic mass is 10.0. The Bertz CT molecular complexity index is 814. The fourth-order valence-corrected chi connectivity index (χ4v) is 2.94. The van der Waals surface area contributed by atoms with Gasteiger partial charge in [-0.15, -0.1) is 11.3 Å². The van der Waals surface area contributed by atoms with E-state index in [2.05, 4.69) is 15.5 Å². The number of carbonyl (C=O) groups excluding carboxylic acids is 2. The molecule has 0 aliphatic carbocycles. The predicted octanol–water partition coefficient (Wildman–Crippen LogP) is 0.835. The van der Waals surface area contributed by atoms with Crippen molar-refractivity contribution in [2.24, 2.45) is 5.10 Å². The van der Waals surface area contributed by atoms with Gasteiger partial charge < -0.3 is 14.6 Å². The van der Waals surface area contributed by atoms with E-state index in [9.17, 15) is 14.7 Å².